The number of anilines is 1. The number of amides is 2. The zero-order valence-corrected chi connectivity index (χ0v) is 24.4. The Hall–Kier alpha value is -3.64. The average Bonchev–Trinajstić information content (AvgIpc) is 3.63. The zero-order valence-electron chi connectivity index (χ0n) is 22.8. The molecule has 3 aromatic rings. The number of allylic oxidation sites excluding steroid dienone is 1. The van der Waals surface area contributed by atoms with Gasteiger partial charge in [-0.2, -0.15) is 0 Å². The number of esters is 1. The van der Waals surface area contributed by atoms with Crippen molar-refractivity contribution in [2.75, 3.05) is 11.1 Å². The van der Waals surface area contributed by atoms with Gasteiger partial charge in [0.1, 0.15) is 10.8 Å². The molecule has 0 atom stereocenters. The van der Waals surface area contributed by atoms with E-state index in [2.05, 4.69) is 22.1 Å². The van der Waals surface area contributed by atoms with Gasteiger partial charge in [-0.3, -0.25) is 14.2 Å². The Morgan fingerprint density at radius 3 is 2.55 bits per heavy atom. The standard InChI is InChI=1S/C28H33N5O5S2/c1-5-14-33-25(18-10-12-20(13-11-18)38-19-8-6-7-9-19)31-32-28(33)39-15-21(34)30-26-22(27(36)37-16(2)3)17(4)23(40-26)24(29)35/h5,10-13,16,19H,1,6-9,14-15H2,2-4H3,(H2,29,35)(H,30,34). The summed E-state index contributed by atoms with van der Waals surface area (Å²) in [5.41, 5.74) is 6.84. The van der Waals surface area contributed by atoms with E-state index in [4.69, 9.17) is 15.2 Å². The Morgan fingerprint density at radius 1 is 1.23 bits per heavy atom. The predicted octanol–water partition coefficient (Wildman–Crippen LogP) is 5.22. The molecule has 1 saturated carbocycles. The van der Waals surface area contributed by atoms with Gasteiger partial charge in [0.15, 0.2) is 11.0 Å². The van der Waals surface area contributed by atoms with Crippen LogP contribution in [-0.2, 0) is 16.1 Å². The molecule has 1 aromatic carbocycles. The summed E-state index contributed by atoms with van der Waals surface area (Å²) in [6.07, 6.45) is 6.24. The maximum atomic E-state index is 12.9. The van der Waals surface area contributed by atoms with Gasteiger partial charge in [-0.05, 0) is 76.3 Å². The van der Waals surface area contributed by atoms with Crippen LogP contribution in [0.1, 0.15) is 65.1 Å². The lowest BCUT2D eigenvalue weighted by molar-refractivity contribution is -0.113. The number of benzene rings is 1. The summed E-state index contributed by atoms with van der Waals surface area (Å²) in [5, 5.41) is 12.2. The van der Waals surface area contributed by atoms with E-state index in [1.54, 1.807) is 26.8 Å². The maximum Gasteiger partial charge on any atom is 0.341 e. The quantitative estimate of drug-likeness (QED) is 0.168. The monoisotopic (exact) mass is 583 g/mol. The first kappa shape index (κ1) is 29.3. The summed E-state index contributed by atoms with van der Waals surface area (Å²) >= 11 is 2.15. The average molecular weight is 584 g/mol. The van der Waals surface area contributed by atoms with Crippen molar-refractivity contribution in [1.29, 1.82) is 0 Å². The van der Waals surface area contributed by atoms with Crippen LogP contribution in [0.2, 0.25) is 0 Å². The predicted molar refractivity (Wildman–Crippen MR) is 156 cm³/mol. The molecule has 12 heteroatoms. The lowest BCUT2D eigenvalue weighted by atomic mass is 10.1. The molecular weight excluding hydrogens is 550 g/mol. The Bertz CT molecular complexity index is 1390. The molecule has 40 heavy (non-hydrogen) atoms. The van der Waals surface area contributed by atoms with Crippen LogP contribution in [-0.4, -0.2) is 50.5 Å². The van der Waals surface area contributed by atoms with Crippen molar-refractivity contribution in [2.24, 2.45) is 5.73 Å². The minimum atomic E-state index is -0.681. The van der Waals surface area contributed by atoms with Crippen molar-refractivity contribution < 1.29 is 23.9 Å². The van der Waals surface area contributed by atoms with Crippen LogP contribution in [0.3, 0.4) is 0 Å². The van der Waals surface area contributed by atoms with E-state index in [1.165, 1.54) is 24.6 Å². The zero-order chi connectivity index (χ0) is 28.8. The molecule has 1 aliphatic rings. The van der Waals surface area contributed by atoms with Crippen molar-refractivity contribution in [3.8, 4) is 17.1 Å². The molecule has 3 N–H and O–H groups in total. The van der Waals surface area contributed by atoms with Gasteiger partial charge < -0.3 is 20.5 Å². The first-order chi connectivity index (χ1) is 19.2. The highest BCUT2D eigenvalue weighted by atomic mass is 32.2. The van der Waals surface area contributed by atoms with Crippen LogP contribution in [0.15, 0.2) is 42.1 Å². The van der Waals surface area contributed by atoms with E-state index in [0.717, 1.165) is 35.5 Å². The molecule has 2 aromatic heterocycles. The minimum absolute atomic E-state index is 0.00897. The first-order valence-corrected chi connectivity index (χ1v) is 14.9. The number of nitrogens with one attached hydrogen (secondary N) is 1. The van der Waals surface area contributed by atoms with E-state index in [0.29, 0.717) is 23.1 Å². The number of carbonyl (C=O) groups is 3. The molecular formula is C28H33N5O5S2. The van der Waals surface area contributed by atoms with Crippen LogP contribution in [0.5, 0.6) is 5.75 Å². The third-order valence-electron chi connectivity index (χ3n) is 6.25. The summed E-state index contributed by atoms with van der Waals surface area (Å²) in [7, 11) is 0. The molecule has 2 heterocycles. The molecule has 0 aliphatic heterocycles. The van der Waals surface area contributed by atoms with Gasteiger partial charge in [0.05, 0.1) is 28.4 Å². The van der Waals surface area contributed by atoms with Gasteiger partial charge in [-0.15, -0.1) is 28.1 Å². The fourth-order valence-corrected chi connectivity index (χ4v) is 6.24. The van der Waals surface area contributed by atoms with Gasteiger partial charge in [-0.1, -0.05) is 17.8 Å². The number of hydrogen-bond donors (Lipinski definition) is 2. The van der Waals surface area contributed by atoms with Crippen molar-refractivity contribution in [1.82, 2.24) is 14.8 Å². The van der Waals surface area contributed by atoms with Crippen molar-refractivity contribution >= 4 is 45.9 Å². The third-order valence-corrected chi connectivity index (χ3v) is 8.44. The van der Waals surface area contributed by atoms with Crippen LogP contribution in [0.4, 0.5) is 5.00 Å². The Balaban J connectivity index is 1.46. The Labute approximate surface area is 241 Å². The highest BCUT2D eigenvalue weighted by Gasteiger charge is 2.27. The molecule has 0 bridgehead atoms. The first-order valence-electron chi connectivity index (χ1n) is 13.1. The number of hydrogen-bond acceptors (Lipinski definition) is 9. The van der Waals surface area contributed by atoms with E-state index in [1.807, 2.05) is 28.8 Å². The van der Waals surface area contributed by atoms with Crippen LogP contribution in [0.25, 0.3) is 11.4 Å². The fraction of sp³-hybridized carbons (Fsp3) is 0.393. The molecule has 0 saturated heterocycles. The summed E-state index contributed by atoms with van der Waals surface area (Å²) in [6.45, 7) is 9.33. The Kier molecular flexibility index (Phi) is 9.64. The molecule has 1 aliphatic carbocycles. The van der Waals surface area contributed by atoms with Crippen molar-refractivity contribution in [3.05, 3.63) is 52.9 Å². The number of nitrogens with two attached hydrogens (primary N) is 1. The van der Waals surface area contributed by atoms with Crippen LogP contribution in [0, 0.1) is 6.92 Å². The topological polar surface area (TPSA) is 138 Å². The van der Waals surface area contributed by atoms with Crippen LogP contribution >= 0.6 is 23.1 Å². The third kappa shape index (κ3) is 6.92. The van der Waals surface area contributed by atoms with E-state index in [-0.39, 0.29) is 39.3 Å². The minimum Gasteiger partial charge on any atom is -0.490 e. The van der Waals surface area contributed by atoms with Gasteiger partial charge in [-0.25, -0.2) is 4.79 Å². The second-order valence-corrected chi connectivity index (χ2v) is 11.6. The number of nitrogens with zero attached hydrogens (tertiary/aromatic N) is 3. The van der Waals surface area contributed by atoms with Crippen molar-refractivity contribution in [2.45, 2.75) is 70.4 Å². The normalized spacial score (nSPS) is 13.4. The molecule has 0 spiro atoms. The molecule has 212 valence electrons. The second kappa shape index (κ2) is 13.1. The highest BCUT2D eigenvalue weighted by molar-refractivity contribution is 7.99. The number of carbonyl (C=O) groups excluding carboxylic acids is 3. The summed E-state index contributed by atoms with van der Waals surface area (Å²) in [5.74, 6) is -0.228. The van der Waals surface area contributed by atoms with Gasteiger partial charge in [0.2, 0.25) is 5.91 Å². The SMILES string of the molecule is C=CCn1c(SCC(=O)Nc2sc(C(N)=O)c(C)c2C(=O)OC(C)C)nnc1-c1ccc(OC2CCCC2)cc1. The molecule has 0 unspecified atom stereocenters. The van der Waals surface area contributed by atoms with Gasteiger partial charge in [0, 0.05) is 12.1 Å². The van der Waals surface area contributed by atoms with E-state index >= 15 is 0 Å². The molecule has 0 radical (unpaired) electrons. The van der Waals surface area contributed by atoms with E-state index < -0.39 is 11.9 Å². The largest absolute Gasteiger partial charge is 0.490 e. The number of aromatic nitrogens is 3. The van der Waals surface area contributed by atoms with Gasteiger partial charge >= 0.3 is 5.97 Å². The smallest absolute Gasteiger partial charge is 0.341 e. The number of primary amides is 1. The second-order valence-electron chi connectivity index (χ2n) is 9.67. The molecule has 2 amide bonds. The van der Waals surface area contributed by atoms with Crippen molar-refractivity contribution in [3.63, 3.8) is 0 Å². The lowest BCUT2D eigenvalue weighted by Crippen LogP contribution is -2.18. The summed E-state index contributed by atoms with van der Waals surface area (Å²) in [6, 6.07) is 7.77. The number of thiophene rings is 1. The molecule has 10 nitrogen and oxygen atoms in total. The summed E-state index contributed by atoms with van der Waals surface area (Å²) < 4.78 is 13.3. The fourth-order valence-electron chi connectivity index (χ4n) is 4.43. The highest BCUT2D eigenvalue weighted by Crippen LogP contribution is 2.34. The van der Waals surface area contributed by atoms with E-state index in [9.17, 15) is 14.4 Å². The number of rotatable bonds is 12. The summed E-state index contributed by atoms with van der Waals surface area (Å²) in [4.78, 5) is 37.7. The Morgan fingerprint density at radius 2 is 1.93 bits per heavy atom. The van der Waals surface area contributed by atoms with Gasteiger partial charge in [0.25, 0.3) is 5.91 Å². The number of ether oxygens (including phenoxy) is 2. The molecule has 1 fully saturated rings. The maximum absolute atomic E-state index is 12.9. The lowest BCUT2D eigenvalue weighted by Gasteiger charge is -2.13. The number of thioether (sulfide) groups is 1. The molecule has 4 rings (SSSR count). The van der Waals surface area contributed by atoms with Crippen LogP contribution < -0.4 is 15.8 Å².